The fourth-order valence-corrected chi connectivity index (χ4v) is 5.97. The minimum atomic E-state index is -3.24. The monoisotopic (exact) mass is 448 g/mol. The molecule has 4 rings (SSSR count). The summed E-state index contributed by atoms with van der Waals surface area (Å²) < 4.78 is 33.3. The standard InChI is InChI=1S/C22H32N4O4S/c1-17-23-7-9-25(17)12-19-10-18(4-5-21(19)30-2)11-24-8-6-22(16-27)15-26(31(3,28)29)14-20(22)13-24/h4-5,7,9-10,20,27H,6,8,11-16H2,1-3H3/t20-,22+/m1/s1. The van der Waals surface area contributed by atoms with Gasteiger partial charge in [-0.05, 0) is 43.5 Å². The lowest BCUT2D eigenvalue weighted by atomic mass is 9.73. The number of ether oxygens (including phenoxy) is 1. The van der Waals surface area contributed by atoms with E-state index in [1.54, 1.807) is 13.3 Å². The van der Waals surface area contributed by atoms with Crippen molar-refractivity contribution in [2.45, 2.75) is 26.4 Å². The molecule has 2 aliphatic rings. The van der Waals surface area contributed by atoms with Gasteiger partial charge in [-0.25, -0.2) is 17.7 Å². The van der Waals surface area contributed by atoms with E-state index in [0.29, 0.717) is 19.6 Å². The highest BCUT2D eigenvalue weighted by molar-refractivity contribution is 7.88. The molecule has 170 valence electrons. The number of methoxy groups -OCH3 is 1. The Bertz CT molecular complexity index is 1040. The minimum Gasteiger partial charge on any atom is -0.496 e. The highest BCUT2D eigenvalue weighted by Gasteiger charge is 2.51. The van der Waals surface area contributed by atoms with Gasteiger partial charge in [-0.15, -0.1) is 0 Å². The second kappa shape index (κ2) is 8.54. The molecule has 8 nitrogen and oxygen atoms in total. The zero-order chi connectivity index (χ0) is 22.2. The molecule has 2 fully saturated rings. The SMILES string of the molecule is COc1ccc(CN2CC[C@@]3(CO)CN(S(C)(=O)=O)C[C@H]3C2)cc1Cn1ccnc1C. The van der Waals surface area contributed by atoms with Gasteiger partial charge in [0.1, 0.15) is 11.6 Å². The highest BCUT2D eigenvalue weighted by Crippen LogP contribution is 2.43. The molecule has 0 unspecified atom stereocenters. The lowest BCUT2D eigenvalue weighted by Crippen LogP contribution is -2.48. The first-order valence-electron chi connectivity index (χ1n) is 10.7. The van der Waals surface area contributed by atoms with Crippen LogP contribution in [0.2, 0.25) is 0 Å². The van der Waals surface area contributed by atoms with Crippen molar-refractivity contribution in [1.82, 2.24) is 18.8 Å². The lowest BCUT2D eigenvalue weighted by Gasteiger charge is -2.42. The maximum absolute atomic E-state index is 12.1. The van der Waals surface area contributed by atoms with Crippen LogP contribution < -0.4 is 4.74 Å². The van der Waals surface area contributed by atoms with Crippen LogP contribution in [0.5, 0.6) is 5.75 Å². The van der Waals surface area contributed by atoms with E-state index in [2.05, 4.69) is 26.6 Å². The van der Waals surface area contributed by atoms with Gasteiger partial charge in [0.05, 0.1) is 26.5 Å². The predicted octanol–water partition coefficient (Wildman–Crippen LogP) is 1.32. The number of aliphatic hydroxyl groups excluding tert-OH is 1. The summed E-state index contributed by atoms with van der Waals surface area (Å²) in [4.78, 5) is 6.67. The summed E-state index contributed by atoms with van der Waals surface area (Å²) >= 11 is 0. The summed E-state index contributed by atoms with van der Waals surface area (Å²) in [6.45, 7) is 6.05. The molecule has 3 heterocycles. The van der Waals surface area contributed by atoms with E-state index in [1.807, 2.05) is 19.2 Å². The Morgan fingerprint density at radius 1 is 1.29 bits per heavy atom. The average molecular weight is 449 g/mol. The number of piperidine rings is 1. The van der Waals surface area contributed by atoms with Crippen molar-refractivity contribution in [3.63, 3.8) is 0 Å². The largest absolute Gasteiger partial charge is 0.496 e. The Labute approximate surface area is 184 Å². The van der Waals surface area contributed by atoms with Gasteiger partial charge in [0.15, 0.2) is 0 Å². The summed E-state index contributed by atoms with van der Waals surface area (Å²) in [5, 5.41) is 10.1. The molecule has 2 aliphatic heterocycles. The van der Waals surface area contributed by atoms with Gasteiger partial charge in [-0.2, -0.15) is 0 Å². The number of aliphatic hydroxyl groups is 1. The van der Waals surface area contributed by atoms with Crippen LogP contribution in [0.1, 0.15) is 23.4 Å². The van der Waals surface area contributed by atoms with E-state index in [-0.39, 0.29) is 17.9 Å². The number of aryl methyl sites for hydroxylation is 1. The molecular formula is C22H32N4O4S. The molecule has 0 aliphatic carbocycles. The zero-order valence-corrected chi connectivity index (χ0v) is 19.3. The van der Waals surface area contributed by atoms with Crippen LogP contribution in [0.3, 0.4) is 0 Å². The Hall–Kier alpha value is -1.94. The molecule has 1 N–H and O–H groups in total. The molecule has 2 aromatic rings. The van der Waals surface area contributed by atoms with Gasteiger partial charge in [-0.1, -0.05) is 6.07 Å². The van der Waals surface area contributed by atoms with Gasteiger partial charge in [0, 0.05) is 49.6 Å². The predicted molar refractivity (Wildman–Crippen MR) is 118 cm³/mol. The number of hydrogen-bond acceptors (Lipinski definition) is 6. The molecule has 1 aromatic carbocycles. The second-order valence-electron chi connectivity index (χ2n) is 9.01. The Morgan fingerprint density at radius 3 is 2.74 bits per heavy atom. The van der Waals surface area contributed by atoms with Crippen LogP contribution in [0.15, 0.2) is 30.6 Å². The second-order valence-corrected chi connectivity index (χ2v) is 11.0. The normalized spacial score (nSPS) is 25.0. The Kier molecular flexibility index (Phi) is 6.13. The number of fused-ring (bicyclic) bond motifs is 1. The number of aromatic nitrogens is 2. The zero-order valence-electron chi connectivity index (χ0n) is 18.5. The molecule has 31 heavy (non-hydrogen) atoms. The van der Waals surface area contributed by atoms with Crippen molar-refractivity contribution >= 4 is 10.0 Å². The van der Waals surface area contributed by atoms with Crippen LogP contribution >= 0.6 is 0 Å². The number of imidazole rings is 1. The van der Waals surface area contributed by atoms with Gasteiger partial charge in [0.2, 0.25) is 10.0 Å². The van der Waals surface area contributed by atoms with E-state index < -0.39 is 10.0 Å². The number of nitrogens with zero attached hydrogens (tertiary/aromatic N) is 4. The molecule has 9 heteroatoms. The Balaban J connectivity index is 1.49. The third-order valence-corrected chi connectivity index (χ3v) is 8.20. The molecule has 0 radical (unpaired) electrons. The van der Waals surface area contributed by atoms with E-state index in [1.165, 1.54) is 16.1 Å². The number of sulfonamides is 1. The first-order valence-corrected chi connectivity index (χ1v) is 12.5. The van der Waals surface area contributed by atoms with Gasteiger partial charge in [0.25, 0.3) is 0 Å². The summed E-state index contributed by atoms with van der Waals surface area (Å²) in [5.74, 6) is 1.96. The third-order valence-electron chi connectivity index (χ3n) is 6.99. The smallest absolute Gasteiger partial charge is 0.211 e. The van der Waals surface area contributed by atoms with E-state index in [0.717, 1.165) is 43.2 Å². The highest BCUT2D eigenvalue weighted by atomic mass is 32.2. The van der Waals surface area contributed by atoms with Crippen LogP contribution in [-0.4, -0.2) is 78.4 Å². The van der Waals surface area contributed by atoms with Crippen LogP contribution in [0.25, 0.3) is 0 Å². The van der Waals surface area contributed by atoms with Crippen molar-refractivity contribution < 1.29 is 18.3 Å². The fraction of sp³-hybridized carbons (Fsp3) is 0.591. The summed E-state index contributed by atoms with van der Waals surface area (Å²) in [6.07, 6.45) is 5.83. The maximum atomic E-state index is 12.1. The lowest BCUT2D eigenvalue weighted by molar-refractivity contribution is 0.0170. The summed E-state index contributed by atoms with van der Waals surface area (Å²) in [7, 11) is -1.56. The molecule has 2 saturated heterocycles. The molecule has 1 aromatic heterocycles. The summed E-state index contributed by atoms with van der Waals surface area (Å²) in [6, 6.07) is 6.29. The van der Waals surface area contributed by atoms with Gasteiger partial charge in [-0.3, -0.25) is 4.90 Å². The Morgan fingerprint density at radius 2 is 2.10 bits per heavy atom. The van der Waals surface area contributed by atoms with Crippen molar-refractivity contribution in [3.8, 4) is 5.75 Å². The number of likely N-dealkylation sites (tertiary alicyclic amines) is 1. The molecule has 0 bridgehead atoms. The fourth-order valence-electron chi connectivity index (χ4n) is 5.02. The molecule has 0 saturated carbocycles. The topological polar surface area (TPSA) is 87.9 Å². The van der Waals surface area contributed by atoms with Crippen molar-refractivity contribution in [3.05, 3.63) is 47.5 Å². The van der Waals surface area contributed by atoms with Gasteiger partial charge < -0.3 is 14.4 Å². The molecule has 2 atom stereocenters. The van der Waals surface area contributed by atoms with Crippen molar-refractivity contribution in [2.24, 2.45) is 11.3 Å². The molecule has 0 amide bonds. The van der Waals surface area contributed by atoms with Crippen LogP contribution in [-0.2, 0) is 23.1 Å². The average Bonchev–Trinajstić information content (AvgIpc) is 3.32. The third kappa shape index (κ3) is 4.50. The minimum absolute atomic E-state index is 0.0362. The first-order chi connectivity index (χ1) is 14.7. The van der Waals surface area contributed by atoms with Crippen LogP contribution in [0.4, 0.5) is 0 Å². The van der Waals surface area contributed by atoms with Gasteiger partial charge >= 0.3 is 0 Å². The number of rotatable bonds is 7. The number of benzene rings is 1. The van der Waals surface area contributed by atoms with E-state index in [9.17, 15) is 13.5 Å². The first kappa shape index (κ1) is 22.3. The molecule has 0 spiro atoms. The quantitative estimate of drug-likeness (QED) is 0.688. The van der Waals surface area contributed by atoms with Crippen molar-refractivity contribution in [2.75, 3.05) is 46.2 Å². The maximum Gasteiger partial charge on any atom is 0.211 e. The summed E-state index contributed by atoms with van der Waals surface area (Å²) in [5.41, 5.74) is 1.99. The van der Waals surface area contributed by atoms with Crippen molar-refractivity contribution in [1.29, 1.82) is 0 Å². The number of hydrogen-bond donors (Lipinski definition) is 1. The molecular weight excluding hydrogens is 416 g/mol. The van der Waals surface area contributed by atoms with E-state index in [4.69, 9.17) is 4.74 Å². The van der Waals surface area contributed by atoms with E-state index >= 15 is 0 Å². The van der Waals surface area contributed by atoms with Crippen LogP contribution in [0, 0.1) is 18.3 Å².